The second kappa shape index (κ2) is 12.8. The molecule has 0 aliphatic carbocycles. The van der Waals surface area contributed by atoms with Crippen molar-refractivity contribution in [2.24, 2.45) is 0 Å². The van der Waals surface area contributed by atoms with E-state index in [1.165, 1.54) is 36.4 Å². The average Bonchev–Trinajstić information content (AvgIpc) is 2.84. The van der Waals surface area contributed by atoms with Gasteiger partial charge in [-0.3, -0.25) is 9.59 Å². The van der Waals surface area contributed by atoms with E-state index in [1.807, 2.05) is 18.6 Å². The van der Waals surface area contributed by atoms with Gasteiger partial charge in [0.25, 0.3) is 21.8 Å². The number of ether oxygens (including phenoxy) is 2. The molecule has 34 heavy (non-hydrogen) atoms. The van der Waals surface area contributed by atoms with E-state index in [0.717, 1.165) is 6.20 Å². The van der Waals surface area contributed by atoms with Crippen LogP contribution in [0.5, 0.6) is 0 Å². The van der Waals surface area contributed by atoms with Gasteiger partial charge < -0.3 is 14.8 Å². The van der Waals surface area contributed by atoms with E-state index in [0.29, 0.717) is 32.4 Å². The maximum atomic E-state index is 12.7. The largest absolute Gasteiger partial charge is 0.458 e. The Morgan fingerprint density at radius 3 is 2.38 bits per heavy atom. The molecule has 0 aliphatic heterocycles. The second-order valence-electron chi connectivity index (χ2n) is 7.34. The van der Waals surface area contributed by atoms with Crippen molar-refractivity contribution in [1.29, 1.82) is 0 Å². The number of aromatic nitrogens is 1. The Balaban J connectivity index is 2.06. The summed E-state index contributed by atoms with van der Waals surface area (Å²) in [7, 11) is -2.71. The normalized spacial score (nSPS) is 11.2. The first-order valence-electron chi connectivity index (χ1n) is 10.8. The number of carbonyl (C=O) groups is 3. The fourth-order valence-corrected chi connectivity index (χ4v) is 3.90. The highest BCUT2D eigenvalue weighted by atomic mass is 32.2. The Labute approximate surface area is 199 Å². The lowest BCUT2D eigenvalue weighted by Crippen LogP contribution is -2.31. The number of hydrogen-bond acceptors (Lipinski definition) is 8. The van der Waals surface area contributed by atoms with Crippen molar-refractivity contribution in [3.63, 3.8) is 0 Å². The zero-order valence-electron chi connectivity index (χ0n) is 19.4. The molecular formula is C23H29N3O7S. The molecule has 2 aromatic rings. The first kappa shape index (κ1) is 26.9. The van der Waals surface area contributed by atoms with E-state index in [4.69, 9.17) is 9.47 Å². The predicted octanol–water partition coefficient (Wildman–Crippen LogP) is 2.31. The van der Waals surface area contributed by atoms with Gasteiger partial charge in [-0.1, -0.05) is 19.9 Å². The van der Waals surface area contributed by atoms with Crippen molar-refractivity contribution in [2.75, 3.05) is 20.3 Å². The molecule has 0 bridgehead atoms. The summed E-state index contributed by atoms with van der Waals surface area (Å²) in [4.78, 5) is 40.5. The molecule has 0 saturated carbocycles. The summed E-state index contributed by atoms with van der Waals surface area (Å²) in [6.45, 7) is 4.64. The van der Waals surface area contributed by atoms with E-state index in [2.05, 4.69) is 10.3 Å². The van der Waals surface area contributed by atoms with Crippen LogP contribution in [0.15, 0.2) is 47.5 Å². The highest BCUT2D eigenvalue weighted by Gasteiger charge is 2.21. The number of hydrogen-bond donors (Lipinski definition) is 2. The zero-order chi connectivity index (χ0) is 25.1. The van der Waals surface area contributed by atoms with Gasteiger partial charge in [0, 0.05) is 32.0 Å². The van der Waals surface area contributed by atoms with Gasteiger partial charge in [-0.2, -0.15) is 0 Å². The van der Waals surface area contributed by atoms with Crippen LogP contribution in [0.2, 0.25) is 0 Å². The molecule has 0 atom stereocenters. The fraction of sp³-hybridized carbons (Fsp3) is 0.391. The lowest BCUT2D eigenvalue weighted by Gasteiger charge is -2.13. The number of nitrogens with zero attached hydrogens (tertiary/aromatic N) is 1. The maximum Gasteiger partial charge on any atom is 0.357 e. The molecule has 11 heteroatoms. The number of carbonyl (C=O) groups excluding carboxylic acids is 3. The van der Waals surface area contributed by atoms with Crippen LogP contribution in [0.3, 0.4) is 0 Å². The Morgan fingerprint density at radius 2 is 1.76 bits per heavy atom. The summed E-state index contributed by atoms with van der Waals surface area (Å²) in [5.74, 6) is -1.99. The Hall–Kier alpha value is -3.31. The maximum absolute atomic E-state index is 12.7. The molecule has 0 fully saturated rings. The third-order valence-electron chi connectivity index (χ3n) is 4.86. The first-order chi connectivity index (χ1) is 16.2. The summed E-state index contributed by atoms with van der Waals surface area (Å²) in [5, 5.41) is 2.67. The lowest BCUT2D eigenvalue weighted by atomic mass is 10.2. The Morgan fingerprint density at radius 1 is 1.03 bits per heavy atom. The summed E-state index contributed by atoms with van der Waals surface area (Å²) in [5.41, 5.74) is 0.0833. The number of rotatable bonds is 12. The van der Waals surface area contributed by atoms with Crippen molar-refractivity contribution in [3.05, 3.63) is 59.4 Å². The molecule has 2 amide bonds. The van der Waals surface area contributed by atoms with Gasteiger partial charge >= 0.3 is 5.97 Å². The van der Waals surface area contributed by atoms with Crippen LogP contribution >= 0.6 is 0 Å². The number of pyridine rings is 1. The number of methoxy groups -OCH3 is 1. The van der Waals surface area contributed by atoms with Gasteiger partial charge in [0.2, 0.25) is 0 Å². The molecule has 0 radical (unpaired) electrons. The smallest absolute Gasteiger partial charge is 0.357 e. The monoisotopic (exact) mass is 491 g/mol. The summed E-state index contributed by atoms with van der Waals surface area (Å²) < 4.78 is 37.5. The van der Waals surface area contributed by atoms with Crippen LogP contribution in [0.4, 0.5) is 0 Å². The Kier molecular flexibility index (Phi) is 10.1. The third kappa shape index (κ3) is 7.63. The second-order valence-corrected chi connectivity index (χ2v) is 9.02. The minimum atomic E-state index is -4.26. The molecular weight excluding hydrogens is 462 g/mol. The van der Waals surface area contributed by atoms with Crippen molar-refractivity contribution in [2.45, 2.75) is 44.1 Å². The van der Waals surface area contributed by atoms with E-state index >= 15 is 0 Å². The van der Waals surface area contributed by atoms with Gasteiger partial charge in [-0.05, 0) is 49.6 Å². The minimum absolute atomic E-state index is 0.00974. The molecule has 0 spiro atoms. The molecule has 0 unspecified atom stereocenters. The topological polar surface area (TPSA) is 141 Å². The average molecular weight is 492 g/mol. The molecule has 10 nitrogen and oxygen atoms in total. The summed E-state index contributed by atoms with van der Waals surface area (Å²) >= 11 is 0. The first-order valence-corrected chi connectivity index (χ1v) is 12.3. The number of amides is 2. The van der Waals surface area contributed by atoms with Crippen molar-refractivity contribution < 1.29 is 32.3 Å². The van der Waals surface area contributed by atoms with E-state index in [9.17, 15) is 22.8 Å². The summed E-state index contributed by atoms with van der Waals surface area (Å²) in [6, 6.07) is 7.90. The Bertz CT molecular complexity index is 1100. The van der Waals surface area contributed by atoms with Crippen LogP contribution in [-0.2, 0) is 19.5 Å². The number of nitrogens with one attached hydrogen (secondary N) is 2. The minimum Gasteiger partial charge on any atom is -0.458 e. The predicted molar refractivity (Wildman–Crippen MR) is 124 cm³/mol. The van der Waals surface area contributed by atoms with Gasteiger partial charge in [-0.25, -0.2) is 22.9 Å². The standard InChI is InChI=1S/C23H29N3O7S/c1-4-18(5-2)33-23(29)20-11-10-17(15-25-20)22(28)26-34(30,31)19-9-6-8-16(14-19)21(27)24-12-7-13-32-3/h6,8-11,14-15,18H,4-5,7,12-13H2,1-3H3,(H,24,27)(H,26,28). The van der Waals surface area contributed by atoms with E-state index in [-0.39, 0.29) is 27.8 Å². The van der Waals surface area contributed by atoms with Crippen LogP contribution in [0.1, 0.15) is 64.3 Å². The van der Waals surface area contributed by atoms with Gasteiger partial charge in [0.05, 0.1) is 10.5 Å². The van der Waals surface area contributed by atoms with Crippen molar-refractivity contribution in [3.8, 4) is 0 Å². The SMILES string of the molecule is CCC(CC)OC(=O)c1ccc(C(=O)NS(=O)(=O)c2cccc(C(=O)NCCCOC)c2)cn1. The number of sulfonamides is 1. The molecule has 0 aliphatic rings. The highest BCUT2D eigenvalue weighted by molar-refractivity contribution is 7.90. The van der Waals surface area contributed by atoms with Gasteiger partial charge in [0.15, 0.2) is 0 Å². The lowest BCUT2D eigenvalue weighted by molar-refractivity contribution is 0.0277. The molecule has 0 saturated heterocycles. The van der Waals surface area contributed by atoms with Crippen molar-refractivity contribution in [1.82, 2.24) is 15.0 Å². The third-order valence-corrected chi connectivity index (χ3v) is 6.19. The molecule has 2 rings (SSSR count). The molecule has 184 valence electrons. The van der Waals surface area contributed by atoms with E-state index < -0.39 is 27.8 Å². The van der Waals surface area contributed by atoms with Crippen LogP contribution < -0.4 is 10.0 Å². The van der Waals surface area contributed by atoms with E-state index in [1.54, 1.807) is 7.11 Å². The molecule has 1 heterocycles. The van der Waals surface area contributed by atoms with Gasteiger partial charge in [0.1, 0.15) is 11.8 Å². The molecule has 2 N–H and O–H groups in total. The molecule has 1 aromatic heterocycles. The summed E-state index contributed by atoms with van der Waals surface area (Å²) in [6.07, 6.45) is 2.80. The van der Waals surface area contributed by atoms with Crippen molar-refractivity contribution >= 4 is 27.8 Å². The van der Waals surface area contributed by atoms with Crippen LogP contribution in [-0.4, -0.2) is 57.6 Å². The van der Waals surface area contributed by atoms with Crippen LogP contribution in [0, 0.1) is 0 Å². The highest BCUT2D eigenvalue weighted by Crippen LogP contribution is 2.13. The molecule has 1 aromatic carbocycles. The van der Waals surface area contributed by atoms with Crippen LogP contribution in [0.25, 0.3) is 0 Å². The fourth-order valence-electron chi connectivity index (χ4n) is 2.88. The zero-order valence-corrected chi connectivity index (χ0v) is 20.2. The van der Waals surface area contributed by atoms with Gasteiger partial charge in [-0.15, -0.1) is 0 Å². The number of benzene rings is 1. The number of esters is 1. The quantitative estimate of drug-likeness (QED) is 0.340.